The fraction of sp³-hybridized carbons (Fsp3) is 0.424. The summed E-state index contributed by atoms with van der Waals surface area (Å²) >= 11 is 0. The van der Waals surface area contributed by atoms with Crippen LogP contribution in [0.25, 0.3) is 16.6 Å². The van der Waals surface area contributed by atoms with Crippen LogP contribution < -0.4 is 15.4 Å². The molecule has 2 amide bonds. The van der Waals surface area contributed by atoms with Crippen LogP contribution in [0.5, 0.6) is 5.75 Å². The maximum Gasteiger partial charge on any atom is 0.407 e. The lowest BCUT2D eigenvalue weighted by Crippen LogP contribution is -2.60. The zero-order chi connectivity index (χ0) is 31.6. The van der Waals surface area contributed by atoms with Gasteiger partial charge in [0.1, 0.15) is 17.7 Å². The molecule has 13 heteroatoms. The Kier molecular flexibility index (Phi) is 8.41. The first-order valence-electron chi connectivity index (χ1n) is 15.7. The van der Waals surface area contributed by atoms with Crippen molar-refractivity contribution in [2.75, 3.05) is 38.3 Å². The molecule has 3 aliphatic heterocycles. The van der Waals surface area contributed by atoms with E-state index in [0.29, 0.717) is 61.5 Å². The Balaban J connectivity index is 1.03. The number of amides is 2. The standard InChI is InChI=1S/C33H37N7O6/c1-20-10-28(29(17-34-20)46-27-12-25-18-45-19-26(13-27)40(25)33(42)43)22-4-7-39-24(11-22)14-31(38-39)37-30-3-2-23(16-35-30)32(41)36-15-21-5-8-44-9-6-21/h2-4,7,10-11,14,16-17,21,25-27H,5-6,8-9,12-13,15,18-19H2,1H3,(H,36,41)(H,42,43)(H,35,37,38)/t25-,26+,27-. The molecule has 0 spiro atoms. The third kappa shape index (κ3) is 6.46. The molecule has 3 aliphatic rings. The van der Waals surface area contributed by atoms with Crippen LogP contribution in [0.1, 0.15) is 41.7 Å². The summed E-state index contributed by atoms with van der Waals surface area (Å²) in [6, 6.07) is 11.0. The first-order valence-corrected chi connectivity index (χ1v) is 15.7. The average molecular weight is 628 g/mol. The molecule has 0 radical (unpaired) electrons. The second-order valence-electron chi connectivity index (χ2n) is 12.2. The minimum Gasteiger partial charge on any atom is -0.488 e. The predicted molar refractivity (Wildman–Crippen MR) is 168 cm³/mol. The number of nitrogens with one attached hydrogen (secondary N) is 2. The molecule has 3 atom stereocenters. The molecule has 2 bridgehead atoms. The summed E-state index contributed by atoms with van der Waals surface area (Å²) in [7, 11) is 0. The minimum absolute atomic E-state index is 0.136. The predicted octanol–water partition coefficient (Wildman–Crippen LogP) is 4.29. The second-order valence-corrected chi connectivity index (χ2v) is 12.2. The Morgan fingerprint density at radius 2 is 1.80 bits per heavy atom. The molecular formula is C33H37N7O6. The van der Waals surface area contributed by atoms with Gasteiger partial charge in [-0.15, -0.1) is 0 Å². The van der Waals surface area contributed by atoms with E-state index in [-0.39, 0.29) is 24.1 Å². The molecule has 13 nitrogen and oxygen atoms in total. The van der Waals surface area contributed by atoms with E-state index in [0.717, 1.165) is 48.4 Å². The smallest absolute Gasteiger partial charge is 0.407 e. The molecular weight excluding hydrogens is 590 g/mol. The lowest BCUT2D eigenvalue weighted by atomic mass is 9.92. The van der Waals surface area contributed by atoms with E-state index in [1.54, 1.807) is 29.0 Å². The van der Waals surface area contributed by atoms with Crippen LogP contribution in [0.15, 0.2) is 55.0 Å². The summed E-state index contributed by atoms with van der Waals surface area (Å²) in [6.45, 7) is 4.83. The monoisotopic (exact) mass is 627 g/mol. The number of carbonyl (C=O) groups is 2. The van der Waals surface area contributed by atoms with Crippen molar-refractivity contribution in [1.29, 1.82) is 0 Å². The fourth-order valence-electron chi connectivity index (χ4n) is 6.57. The largest absolute Gasteiger partial charge is 0.488 e. The van der Waals surface area contributed by atoms with Crippen molar-refractivity contribution in [3.8, 4) is 16.9 Å². The van der Waals surface area contributed by atoms with Crippen LogP contribution in [-0.4, -0.2) is 92.7 Å². The lowest BCUT2D eigenvalue weighted by Gasteiger charge is -2.46. The van der Waals surface area contributed by atoms with Gasteiger partial charge in [-0.2, -0.15) is 5.10 Å². The van der Waals surface area contributed by atoms with Crippen LogP contribution in [0, 0.1) is 12.8 Å². The maximum atomic E-state index is 12.6. The molecule has 0 saturated carbocycles. The Bertz CT molecular complexity index is 1710. The van der Waals surface area contributed by atoms with E-state index in [1.807, 2.05) is 37.4 Å². The van der Waals surface area contributed by atoms with Gasteiger partial charge in [0.2, 0.25) is 0 Å². The number of pyridine rings is 3. The van der Waals surface area contributed by atoms with Gasteiger partial charge < -0.3 is 30.0 Å². The van der Waals surface area contributed by atoms with E-state index in [9.17, 15) is 14.7 Å². The van der Waals surface area contributed by atoms with E-state index in [1.165, 1.54) is 4.90 Å². The van der Waals surface area contributed by atoms with E-state index in [4.69, 9.17) is 14.2 Å². The molecule has 0 unspecified atom stereocenters. The second kappa shape index (κ2) is 12.9. The summed E-state index contributed by atoms with van der Waals surface area (Å²) in [5.41, 5.74) is 4.08. The normalized spacial score (nSPS) is 21.6. The Labute approximate surface area is 265 Å². The third-order valence-corrected chi connectivity index (χ3v) is 8.94. The first kappa shape index (κ1) is 29.9. The van der Waals surface area contributed by atoms with Crippen LogP contribution in [-0.2, 0) is 9.47 Å². The van der Waals surface area contributed by atoms with Gasteiger partial charge in [0.05, 0.1) is 42.6 Å². The van der Waals surface area contributed by atoms with E-state index < -0.39 is 6.09 Å². The SMILES string of the molecule is Cc1cc(-c2ccn3nc(Nc4ccc(C(=O)NCC5CCOCC5)cn4)cc3c2)c(O[C@H]2C[C@H]3COC[C@@H](C2)N3C(=O)O)cn1. The maximum absolute atomic E-state index is 12.6. The highest BCUT2D eigenvalue weighted by Crippen LogP contribution is 2.36. The third-order valence-electron chi connectivity index (χ3n) is 8.94. The number of carboxylic acid groups (broad SMARTS) is 1. The summed E-state index contributed by atoms with van der Waals surface area (Å²) in [6.07, 6.45) is 7.19. The molecule has 4 aromatic heterocycles. The number of carbonyl (C=O) groups excluding carboxylic acids is 1. The summed E-state index contributed by atoms with van der Waals surface area (Å²) < 4.78 is 19.3. The highest BCUT2D eigenvalue weighted by atomic mass is 16.5. The molecule has 3 fully saturated rings. The van der Waals surface area contributed by atoms with Gasteiger partial charge >= 0.3 is 6.09 Å². The van der Waals surface area contributed by atoms with Crippen molar-refractivity contribution in [1.82, 2.24) is 29.8 Å². The number of fused-ring (bicyclic) bond motifs is 3. The number of anilines is 2. The van der Waals surface area contributed by atoms with Gasteiger partial charge in [0.15, 0.2) is 5.82 Å². The lowest BCUT2D eigenvalue weighted by molar-refractivity contribution is -0.0857. The van der Waals surface area contributed by atoms with Crippen molar-refractivity contribution in [2.45, 2.75) is 50.8 Å². The quantitative estimate of drug-likeness (QED) is 0.258. The zero-order valence-electron chi connectivity index (χ0n) is 25.6. The van der Waals surface area contributed by atoms with E-state index in [2.05, 4.69) is 25.7 Å². The summed E-state index contributed by atoms with van der Waals surface area (Å²) in [4.78, 5) is 34.9. The molecule has 7 heterocycles. The van der Waals surface area contributed by atoms with Gasteiger partial charge in [-0.3, -0.25) is 14.7 Å². The Morgan fingerprint density at radius 3 is 2.54 bits per heavy atom. The number of ether oxygens (including phenoxy) is 3. The molecule has 240 valence electrons. The Morgan fingerprint density at radius 1 is 1.00 bits per heavy atom. The minimum atomic E-state index is -0.908. The van der Waals surface area contributed by atoms with Crippen molar-refractivity contribution in [3.63, 3.8) is 0 Å². The zero-order valence-corrected chi connectivity index (χ0v) is 25.6. The average Bonchev–Trinajstić information content (AvgIpc) is 3.46. The number of morpholine rings is 1. The highest BCUT2D eigenvalue weighted by molar-refractivity contribution is 5.94. The molecule has 46 heavy (non-hydrogen) atoms. The number of hydrogen-bond donors (Lipinski definition) is 3. The van der Waals surface area contributed by atoms with Gasteiger partial charge in [0, 0.05) is 62.3 Å². The number of rotatable bonds is 8. The van der Waals surface area contributed by atoms with Crippen LogP contribution in [0.2, 0.25) is 0 Å². The van der Waals surface area contributed by atoms with Gasteiger partial charge in [-0.1, -0.05) is 0 Å². The number of hydrogen-bond acceptors (Lipinski definition) is 9. The molecule has 3 saturated heterocycles. The Hall–Kier alpha value is -4.75. The molecule has 4 aromatic rings. The van der Waals surface area contributed by atoms with Crippen LogP contribution in [0.4, 0.5) is 16.4 Å². The topological polar surface area (TPSA) is 152 Å². The number of nitrogens with zero attached hydrogens (tertiary/aromatic N) is 5. The molecule has 0 aromatic carbocycles. The number of aryl methyl sites for hydroxylation is 1. The van der Waals surface area contributed by atoms with E-state index >= 15 is 0 Å². The molecule has 7 rings (SSSR count). The fourth-order valence-corrected chi connectivity index (χ4v) is 6.57. The van der Waals surface area contributed by atoms with Gasteiger partial charge in [-0.05, 0) is 61.6 Å². The van der Waals surface area contributed by atoms with Crippen LogP contribution >= 0.6 is 0 Å². The number of piperidine rings is 1. The highest BCUT2D eigenvalue weighted by Gasteiger charge is 2.42. The molecule has 0 aliphatic carbocycles. The van der Waals surface area contributed by atoms with Crippen molar-refractivity contribution >= 4 is 29.2 Å². The van der Waals surface area contributed by atoms with Crippen molar-refractivity contribution in [3.05, 3.63) is 66.2 Å². The molecule has 3 N–H and O–H groups in total. The number of aromatic nitrogens is 4. The van der Waals surface area contributed by atoms with Crippen LogP contribution in [0.3, 0.4) is 0 Å². The van der Waals surface area contributed by atoms with Crippen molar-refractivity contribution in [2.24, 2.45) is 5.92 Å². The van der Waals surface area contributed by atoms with Gasteiger partial charge in [0.25, 0.3) is 5.91 Å². The summed E-state index contributed by atoms with van der Waals surface area (Å²) in [5, 5.41) is 20.6. The first-order chi connectivity index (χ1) is 22.4. The van der Waals surface area contributed by atoms with Gasteiger partial charge in [-0.25, -0.2) is 14.3 Å². The van der Waals surface area contributed by atoms with Crippen molar-refractivity contribution < 1.29 is 28.9 Å². The summed E-state index contributed by atoms with van der Waals surface area (Å²) in [5.74, 6) is 2.16.